The van der Waals surface area contributed by atoms with Crippen molar-refractivity contribution in [3.05, 3.63) is 29.8 Å². The summed E-state index contributed by atoms with van der Waals surface area (Å²) in [7, 11) is 3.57. The zero-order chi connectivity index (χ0) is 12.0. The number of thiocarbonyl (C=S) groups is 1. The van der Waals surface area contributed by atoms with Gasteiger partial charge in [-0.3, -0.25) is 0 Å². The van der Waals surface area contributed by atoms with Crippen LogP contribution < -0.4 is 16.1 Å². The highest BCUT2D eigenvalue weighted by Gasteiger charge is 1.98. The van der Waals surface area contributed by atoms with Crippen LogP contribution in [0.5, 0.6) is 0 Å². The standard InChI is InChI=1S/C11H16N4S/c1-8(15-13-3)9-4-6-10(7-5-9)14-11(16)12-2/h4-7,13H,1-3H3,(H2,12,14,16)/b15-8+. The molecule has 1 aromatic carbocycles. The smallest absolute Gasteiger partial charge is 0.170 e. The maximum Gasteiger partial charge on any atom is 0.170 e. The van der Waals surface area contributed by atoms with E-state index in [2.05, 4.69) is 21.2 Å². The van der Waals surface area contributed by atoms with Gasteiger partial charge in [-0.25, -0.2) is 0 Å². The molecule has 0 heterocycles. The lowest BCUT2D eigenvalue weighted by molar-refractivity contribution is 0.900. The number of hydrogen-bond acceptors (Lipinski definition) is 3. The van der Waals surface area contributed by atoms with Crippen molar-refractivity contribution in [3.8, 4) is 0 Å². The number of nitrogens with zero attached hydrogens (tertiary/aromatic N) is 1. The van der Waals surface area contributed by atoms with Crippen LogP contribution in [0.4, 0.5) is 5.69 Å². The van der Waals surface area contributed by atoms with Crippen LogP contribution >= 0.6 is 12.2 Å². The van der Waals surface area contributed by atoms with E-state index < -0.39 is 0 Å². The van der Waals surface area contributed by atoms with E-state index in [9.17, 15) is 0 Å². The number of anilines is 1. The molecule has 0 amide bonds. The summed E-state index contributed by atoms with van der Waals surface area (Å²) in [5.74, 6) is 0. The molecule has 3 N–H and O–H groups in total. The van der Waals surface area contributed by atoms with E-state index >= 15 is 0 Å². The maximum absolute atomic E-state index is 5.01. The first kappa shape index (κ1) is 12.4. The van der Waals surface area contributed by atoms with Gasteiger partial charge in [-0.1, -0.05) is 12.1 Å². The van der Waals surface area contributed by atoms with Gasteiger partial charge in [0.2, 0.25) is 0 Å². The summed E-state index contributed by atoms with van der Waals surface area (Å²) < 4.78 is 0. The molecule has 0 atom stereocenters. The fourth-order valence-corrected chi connectivity index (χ4v) is 1.34. The molecule has 4 nitrogen and oxygen atoms in total. The summed E-state index contributed by atoms with van der Waals surface area (Å²) in [6, 6.07) is 7.93. The third kappa shape index (κ3) is 3.51. The van der Waals surface area contributed by atoms with Crippen molar-refractivity contribution in [2.45, 2.75) is 6.92 Å². The number of hydrogen-bond donors (Lipinski definition) is 3. The van der Waals surface area contributed by atoms with Gasteiger partial charge < -0.3 is 16.1 Å². The molecule has 0 radical (unpaired) electrons. The van der Waals surface area contributed by atoms with E-state index in [1.807, 2.05) is 31.2 Å². The van der Waals surface area contributed by atoms with Crippen molar-refractivity contribution in [3.63, 3.8) is 0 Å². The maximum atomic E-state index is 5.01. The first-order valence-corrected chi connectivity index (χ1v) is 5.38. The molecule has 0 saturated carbocycles. The monoisotopic (exact) mass is 236 g/mol. The summed E-state index contributed by atoms with van der Waals surface area (Å²) in [6.07, 6.45) is 0. The molecule has 0 saturated heterocycles. The molecule has 0 aliphatic rings. The molecule has 1 rings (SSSR count). The molecule has 16 heavy (non-hydrogen) atoms. The van der Waals surface area contributed by atoms with Gasteiger partial charge in [0.25, 0.3) is 0 Å². The van der Waals surface area contributed by atoms with Crippen LogP contribution in [0.15, 0.2) is 29.4 Å². The van der Waals surface area contributed by atoms with Gasteiger partial charge in [0.15, 0.2) is 5.11 Å². The van der Waals surface area contributed by atoms with Gasteiger partial charge in [-0.05, 0) is 36.8 Å². The van der Waals surface area contributed by atoms with Crippen LogP contribution in [0.3, 0.4) is 0 Å². The minimum atomic E-state index is 0.605. The van der Waals surface area contributed by atoms with Crippen molar-refractivity contribution < 1.29 is 0 Å². The van der Waals surface area contributed by atoms with Gasteiger partial charge >= 0.3 is 0 Å². The molecule has 0 aliphatic heterocycles. The first-order valence-electron chi connectivity index (χ1n) is 4.97. The SMILES string of the molecule is CN/N=C(\C)c1ccc(NC(=S)NC)cc1. The molecule has 0 unspecified atom stereocenters. The van der Waals surface area contributed by atoms with Crippen molar-refractivity contribution in [2.75, 3.05) is 19.4 Å². The lowest BCUT2D eigenvalue weighted by Gasteiger charge is -2.07. The van der Waals surface area contributed by atoms with E-state index in [4.69, 9.17) is 12.2 Å². The van der Waals surface area contributed by atoms with Crippen molar-refractivity contribution in [1.82, 2.24) is 10.7 Å². The molecule has 0 fully saturated rings. The van der Waals surface area contributed by atoms with Crippen LogP contribution in [0.1, 0.15) is 12.5 Å². The van der Waals surface area contributed by atoms with Crippen molar-refractivity contribution in [1.29, 1.82) is 0 Å². The average Bonchev–Trinajstić information content (AvgIpc) is 2.30. The molecule has 1 aromatic rings. The highest BCUT2D eigenvalue weighted by Crippen LogP contribution is 2.10. The van der Waals surface area contributed by atoms with Gasteiger partial charge in [-0.15, -0.1) is 0 Å². The average molecular weight is 236 g/mol. The Bertz CT molecular complexity index is 383. The second-order valence-corrected chi connectivity index (χ2v) is 3.61. The Morgan fingerprint density at radius 3 is 2.31 bits per heavy atom. The van der Waals surface area contributed by atoms with Crippen LogP contribution in [0.2, 0.25) is 0 Å². The largest absolute Gasteiger partial charge is 0.366 e. The Morgan fingerprint density at radius 1 is 1.19 bits per heavy atom. The van der Waals surface area contributed by atoms with E-state index in [0.717, 1.165) is 17.0 Å². The number of rotatable bonds is 3. The van der Waals surface area contributed by atoms with Gasteiger partial charge in [-0.2, -0.15) is 5.10 Å². The van der Waals surface area contributed by atoms with Crippen LogP contribution in [-0.4, -0.2) is 24.9 Å². The van der Waals surface area contributed by atoms with Gasteiger partial charge in [0.05, 0.1) is 5.71 Å². The highest BCUT2D eigenvalue weighted by molar-refractivity contribution is 7.80. The quantitative estimate of drug-likeness (QED) is 0.423. The molecular formula is C11H16N4S. The summed E-state index contributed by atoms with van der Waals surface area (Å²) in [4.78, 5) is 0. The third-order valence-corrected chi connectivity index (χ3v) is 2.37. The lowest BCUT2D eigenvalue weighted by atomic mass is 10.1. The minimum Gasteiger partial charge on any atom is -0.366 e. The Kier molecular flexibility index (Phi) is 4.72. The fourth-order valence-electron chi connectivity index (χ4n) is 1.22. The van der Waals surface area contributed by atoms with E-state index in [0.29, 0.717) is 5.11 Å². The summed E-state index contributed by atoms with van der Waals surface area (Å²) in [5, 5.41) is 10.6. The van der Waals surface area contributed by atoms with Gasteiger partial charge in [0, 0.05) is 19.8 Å². The molecule has 0 aliphatic carbocycles. The second-order valence-electron chi connectivity index (χ2n) is 3.20. The van der Waals surface area contributed by atoms with Crippen molar-refractivity contribution in [2.24, 2.45) is 5.10 Å². The highest BCUT2D eigenvalue weighted by atomic mass is 32.1. The predicted molar refractivity (Wildman–Crippen MR) is 73.0 cm³/mol. The Labute approximate surface area is 101 Å². The molecule has 86 valence electrons. The summed E-state index contributed by atoms with van der Waals surface area (Å²) in [6.45, 7) is 1.96. The van der Waals surface area contributed by atoms with Crippen LogP contribution in [0.25, 0.3) is 0 Å². The number of nitrogens with one attached hydrogen (secondary N) is 3. The molecule has 0 spiro atoms. The Balaban J connectivity index is 2.75. The van der Waals surface area contributed by atoms with E-state index in [1.54, 1.807) is 14.1 Å². The van der Waals surface area contributed by atoms with Crippen LogP contribution in [0, 0.1) is 0 Å². The number of benzene rings is 1. The second kappa shape index (κ2) is 6.07. The Hall–Kier alpha value is -1.62. The first-order chi connectivity index (χ1) is 7.67. The Morgan fingerprint density at radius 2 is 1.81 bits per heavy atom. The van der Waals surface area contributed by atoms with Crippen molar-refractivity contribution >= 4 is 28.7 Å². The minimum absolute atomic E-state index is 0.605. The summed E-state index contributed by atoms with van der Waals surface area (Å²) >= 11 is 5.01. The molecule has 0 aromatic heterocycles. The lowest BCUT2D eigenvalue weighted by Crippen LogP contribution is -2.24. The van der Waals surface area contributed by atoms with Crippen LogP contribution in [-0.2, 0) is 0 Å². The zero-order valence-electron chi connectivity index (χ0n) is 9.66. The van der Waals surface area contributed by atoms with E-state index in [-0.39, 0.29) is 0 Å². The topological polar surface area (TPSA) is 48.5 Å². The zero-order valence-corrected chi connectivity index (χ0v) is 10.5. The van der Waals surface area contributed by atoms with E-state index in [1.165, 1.54) is 0 Å². The third-order valence-electron chi connectivity index (χ3n) is 2.07. The molecule has 0 bridgehead atoms. The number of hydrazone groups is 1. The summed E-state index contributed by atoms with van der Waals surface area (Å²) in [5.41, 5.74) is 5.75. The normalized spacial score (nSPS) is 10.8. The molecule has 5 heteroatoms. The molecular weight excluding hydrogens is 220 g/mol. The predicted octanol–water partition coefficient (Wildman–Crippen LogP) is 1.55. The fraction of sp³-hybridized carbons (Fsp3) is 0.273. The van der Waals surface area contributed by atoms with Gasteiger partial charge in [0.1, 0.15) is 0 Å².